The SMILES string of the molecule is COc1cc(/C=C/[N+](=O)[O-])cc(Br)c1OC(=O)C(CC(C)C)N1C(=O)c2ccccc2C1=O. The Morgan fingerprint density at radius 3 is 2.30 bits per heavy atom. The van der Waals surface area contributed by atoms with Crippen molar-refractivity contribution in [3.05, 3.63) is 73.9 Å². The lowest BCUT2D eigenvalue weighted by molar-refractivity contribution is -0.400. The third kappa shape index (κ3) is 5.11. The molecule has 9 nitrogen and oxygen atoms in total. The van der Waals surface area contributed by atoms with E-state index in [-0.39, 0.29) is 35.0 Å². The number of amides is 2. The zero-order valence-electron chi connectivity index (χ0n) is 18.1. The highest BCUT2D eigenvalue weighted by Crippen LogP contribution is 2.38. The third-order valence-corrected chi connectivity index (χ3v) is 5.54. The Hall–Kier alpha value is -3.53. The van der Waals surface area contributed by atoms with E-state index in [4.69, 9.17) is 9.47 Å². The first-order chi connectivity index (χ1) is 15.6. The van der Waals surface area contributed by atoms with Crippen molar-refractivity contribution in [3.8, 4) is 11.5 Å². The predicted molar refractivity (Wildman–Crippen MR) is 123 cm³/mol. The summed E-state index contributed by atoms with van der Waals surface area (Å²) in [6.45, 7) is 3.73. The highest BCUT2D eigenvalue weighted by atomic mass is 79.9. The van der Waals surface area contributed by atoms with Crippen molar-refractivity contribution >= 4 is 39.8 Å². The van der Waals surface area contributed by atoms with Gasteiger partial charge in [-0.25, -0.2) is 4.79 Å². The Morgan fingerprint density at radius 2 is 1.79 bits per heavy atom. The number of carbonyl (C=O) groups excluding carboxylic acids is 3. The van der Waals surface area contributed by atoms with Gasteiger partial charge in [-0.3, -0.25) is 24.6 Å². The smallest absolute Gasteiger partial charge is 0.334 e. The number of esters is 1. The van der Waals surface area contributed by atoms with Gasteiger partial charge >= 0.3 is 5.97 Å². The van der Waals surface area contributed by atoms with E-state index in [1.165, 1.54) is 25.3 Å². The molecule has 10 heteroatoms. The molecule has 0 fully saturated rings. The molecule has 3 rings (SSSR count). The van der Waals surface area contributed by atoms with Gasteiger partial charge in [-0.15, -0.1) is 0 Å². The lowest BCUT2D eigenvalue weighted by atomic mass is 10.0. The van der Waals surface area contributed by atoms with E-state index >= 15 is 0 Å². The first-order valence-electron chi connectivity index (χ1n) is 10.0. The van der Waals surface area contributed by atoms with Crippen LogP contribution in [0.4, 0.5) is 0 Å². The lowest BCUT2D eigenvalue weighted by Gasteiger charge is -2.26. The van der Waals surface area contributed by atoms with Crippen molar-refractivity contribution < 1.29 is 28.8 Å². The molecule has 0 aliphatic carbocycles. The Kier molecular flexibility index (Phi) is 7.27. The number of nitro groups is 1. The number of hydrogen-bond acceptors (Lipinski definition) is 7. The zero-order chi connectivity index (χ0) is 24.3. The summed E-state index contributed by atoms with van der Waals surface area (Å²) in [5.41, 5.74) is 0.920. The zero-order valence-corrected chi connectivity index (χ0v) is 19.7. The molecule has 0 saturated carbocycles. The van der Waals surface area contributed by atoms with Crippen LogP contribution in [-0.4, -0.2) is 40.8 Å². The molecule has 0 aromatic heterocycles. The molecular weight excluding hydrogens is 496 g/mol. The molecule has 0 saturated heterocycles. The van der Waals surface area contributed by atoms with Gasteiger partial charge in [0, 0.05) is 6.08 Å². The van der Waals surface area contributed by atoms with Crippen molar-refractivity contribution in [2.24, 2.45) is 5.92 Å². The Labute approximate surface area is 198 Å². The topological polar surface area (TPSA) is 116 Å². The van der Waals surface area contributed by atoms with Gasteiger partial charge in [0.05, 0.1) is 27.6 Å². The van der Waals surface area contributed by atoms with Crippen LogP contribution in [0.15, 0.2) is 47.1 Å². The molecule has 2 amide bonds. The van der Waals surface area contributed by atoms with E-state index in [2.05, 4.69) is 15.9 Å². The molecule has 0 N–H and O–H groups in total. The maximum Gasteiger partial charge on any atom is 0.334 e. The highest BCUT2D eigenvalue weighted by Gasteiger charge is 2.43. The van der Waals surface area contributed by atoms with Crippen molar-refractivity contribution in [2.75, 3.05) is 7.11 Å². The normalized spacial score (nSPS) is 14.0. The van der Waals surface area contributed by atoms with Gasteiger partial charge in [-0.05, 0) is 58.1 Å². The summed E-state index contributed by atoms with van der Waals surface area (Å²) < 4.78 is 11.2. The van der Waals surface area contributed by atoms with Gasteiger partial charge in [0.1, 0.15) is 6.04 Å². The molecule has 172 valence electrons. The molecule has 2 aromatic carbocycles. The van der Waals surface area contributed by atoms with Crippen LogP contribution in [0.5, 0.6) is 11.5 Å². The van der Waals surface area contributed by atoms with Crippen LogP contribution in [-0.2, 0) is 4.79 Å². The summed E-state index contributed by atoms with van der Waals surface area (Å²) in [7, 11) is 1.36. The first-order valence-corrected chi connectivity index (χ1v) is 10.8. The van der Waals surface area contributed by atoms with E-state index in [1.54, 1.807) is 24.3 Å². The highest BCUT2D eigenvalue weighted by molar-refractivity contribution is 9.10. The number of fused-ring (bicyclic) bond motifs is 1. The summed E-state index contributed by atoms with van der Waals surface area (Å²) in [4.78, 5) is 50.1. The third-order valence-electron chi connectivity index (χ3n) is 4.95. The lowest BCUT2D eigenvalue weighted by Crippen LogP contribution is -2.47. The van der Waals surface area contributed by atoms with E-state index in [0.29, 0.717) is 10.0 Å². The number of nitrogens with zero attached hydrogens (tertiary/aromatic N) is 2. The van der Waals surface area contributed by atoms with Gasteiger partial charge in [0.2, 0.25) is 6.20 Å². The van der Waals surface area contributed by atoms with Crippen molar-refractivity contribution in [2.45, 2.75) is 26.3 Å². The maximum atomic E-state index is 13.2. The summed E-state index contributed by atoms with van der Waals surface area (Å²) in [5, 5.41) is 10.6. The molecule has 0 bridgehead atoms. The van der Waals surface area contributed by atoms with E-state index in [1.807, 2.05) is 13.8 Å². The number of hydrogen-bond donors (Lipinski definition) is 0. The van der Waals surface area contributed by atoms with Gasteiger partial charge in [0.15, 0.2) is 11.5 Å². The Balaban J connectivity index is 1.94. The minimum absolute atomic E-state index is 0.0214. The minimum atomic E-state index is -1.15. The maximum absolute atomic E-state index is 13.2. The van der Waals surface area contributed by atoms with Crippen LogP contribution in [0.2, 0.25) is 0 Å². The molecule has 0 radical (unpaired) electrons. The second kappa shape index (κ2) is 9.95. The summed E-state index contributed by atoms with van der Waals surface area (Å²) in [5.74, 6) is -1.75. The van der Waals surface area contributed by atoms with E-state index in [9.17, 15) is 24.5 Å². The average molecular weight is 517 g/mol. The number of halogens is 1. The van der Waals surface area contributed by atoms with Gasteiger partial charge < -0.3 is 9.47 Å². The summed E-state index contributed by atoms with van der Waals surface area (Å²) >= 11 is 3.30. The fourth-order valence-electron chi connectivity index (χ4n) is 3.50. The van der Waals surface area contributed by atoms with E-state index in [0.717, 1.165) is 11.1 Å². The van der Waals surface area contributed by atoms with E-state index < -0.39 is 28.7 Å². The molecule has 2 aromatic rings. The molecule has 1 atom stereocenters. The van der Waals surface area contributed by atoms with Crippen molar-refractivity contribution in [1.29, 1.82) is 0 Å². The molecule has 1 heterocycles. The Morgan fingerprint density at radius 1 is 1.18 bits per heavy atom. The van der Waals surface area contributed by atoms with Gasteiger partial charge in [-0.1, -0.05) is 26.0 Å². The predicted octanol–water partition coefficient (Wildman–Crippen LogP) is 4.32. The van der Waals surface area contributed by atoms with Gasteiger partial charge in [-0.2, -0.15) is 0 Å². The molecule has 33 heavy (non-hydrogen) atoms. The number of benzene rings is 2. The van der Waals surface area contributed by atoms with Gasteiger partial charge in [0.25, 0.3) is 11.8 Å². The van der Waals surface area contributed by atoms with Crippen LogP contribution in [0.25, 0.3) is 6.08 Å². The molecular formula is C23H21BrN2O7. The van der Waals surface area contributed by atoms with Crippen molar-refractivity contribution in [1.82, 2.24) is 4.90 Å². The fourth-order valence-corrected chi connectivity index (χ4v) is 4.04. The van der Waals surface area contributed by atoms with Crippen LogP contribution in [0, 0.1) is 16.0 Å². The molecule has 1 aliphatic heterocycles. The number of carbonyl (C=O) groups is 3. The minimum Gasteiger partial charge on any atom is -0.493 e. The Bertz CT molecular complexity index is 1120. The molecule has 1 aliphatic rings. The quantitative estimate of drug-likeness (QED) is 0.168. The first kappa shape index (κ1) is 24.1. The van der Waals surface area contributed by atoms with Crippen LogP contribution in [0.3, 0.4) is 0 Å². The number of methoxy groups -OCH3 is 1. The second-order valence-corrected chi connectivity index (χ2v) is 8.58. The van der Waals surface area contributed by atoms with Crippen LogP contribution < -0.4 is 9.47 Å². The van der Waals surface area contributed by atoms with Crippen LogP contribution >= 0.6 is 15.9 Å². The molecule has 1 unspecified atom stereocenters. The standard InChI is InChI=1S/C23H21BrN2O7/c1-13(2)10-18(26-21(27)15-6-4-5-7-16(15)22(26)28)23(29)33-20-17(24)11-14(8-9-25(30)31)12-19(20)32-3/h4-9,11-13,18H,10H2,1-3H3/b9-8+. The summed E-state index contributed by atoms with van der Waals surface area (Å²) in [6.07, 6.45) is 2.24. The number of ether oxygens (including phenoxy) is 2. The van der Waals surface area contributed by atoms with Crippen molar-refractivity contribution in [3.63, 3.8) is 0 Å². The summed E-state index contributed by atoms with van der Waals surface area (Å²) in [6, 6.07) is 8.23. The molecule has 0 spiro atoms. The number of imide groups is 1. The van der Waals surface area contributed by atoms with Crippen LogP contribution in [0.1, 0.15) is 46.5 Å². The second-order valence-electron chi connectivity index (χ2n) is 7.73. The monoisotopic (exact) mass is 516 g/mol. The largest absolute Gasteiger partial charge is 0.493 e. The number of rotatable bonds is 8. The fraction of sp³-hybridized carbons (Fsp3) is 0.261. The average Bonchev–Trinajstić information content (AvgIpc) is 3.02.